The minimum absolute atomic E-state index is 0.0970. The van der Waals surface area contributed by atoms with Gasteiger partial charge < -0.3 is 15.0 Å². The van der Waals surface area contributed by atoms with E-state index in [1.807, 2.05) is 51.1 Å². The SMILES string of the molecule is COc1ccc(C)cc1NC(=O)C1CC(=O)N(c2c(C)cc(C)cc2Cl)C1. The monoisotopic (exact) mass is 386 g/mol. The Kier molecular flexibility index (Phi) is 5.42. The number of methoxy groups -OCH3 is 1. The molecule has 0 aliphatic carbocycles. The Labute approximate surface area is 164 Å². The number of hydrogen-bond acceptors (Lipinski definition) is 3. The fourth-order valence-corrected chi connectivity index (χ4v) is 3.93. The van der Waals surface area contributed by atoms with Gasteiger partial charge in [-0.05, 0) is 55.7 Å². The van der Waals surface area contributed by atoms with Gasteiger partial charge in [-0.2, -0.15) is 0 Å². The van der Waals surface area contributed by atoms with Gasteiger partial charge in [-0.25, -0.2) is 0 Å². The maximum Gasteiger partial charge on any atom is 0.229 e. The number of ether oxygens (including phenoxy) is 1. The average molecular weight is 387 g/mol. The Hall–Kier alpha value is -2.53. The zero-order valence-electron chi connectivity index (χ0n) is 15.9. The number of carbonyl (C=O) groups excluding carboxylic acids is 2. The third-order valence-corrected chi connectivity index (χ3v) is 5.07. The van der Waals surface area contributed by atoms with Crippen LogP contribution in [0.3, 0.4) is 0 Å². The van der Waals surface area contributed by atoms with Gasteiger partial charge in [0.25, 0.3) is 0 Å². The molecule has 1 saturated heterocycles. The number of amides is 2. The van der Waals surface area contributed by atoms with Crippen molar-refractivity contribution >= 4 is 34.8 Å². The lowest BCUT2D eigenvalue weighted by atomic mass is 10.1. The largest absolute Gasteiger partial charge is 0.495 e. The highest BCUT2D eigenvalue weighted by Gasteiger charge is 2.36. The fraction of sp³-hybridized carbons (Fsp3) is 0.333. The molecule has 6 heteroatoms. The summed E-state index contributed by atoms with van der Waals surface area (Å²) in [4.78, 5) is 27.0. The van der Waals surface area contributed by atoms with Gasteiger partial charge in [0.05, 0.1) is 29.4 Å². The lowest BCUT2D eigenvalue weighted by Crippen LogP contribution is -2.29. The van der Waals surface area contributed by atoms with Crippen LogP contribution in [0.15, 0.2) is 30.3 Å². The molecule has 0 bridgehead atoms. The first kappa shape index (κ1) is 19.2. The molecule has 3 rings (SSSR count). The second-order valence-corrected chi connectivity index (χ2v) is 7.42. The van der Waals surface area contributed by atoms with Crippen LogP contribution in [0.2, 0.25) is 5.02 Å². The molecule has 1 fully saturated rings. The molecular formula is C21H23ClN2O3. The zero-order chi connectivity index (χ0) is 19.7. The molecule has 5 nitrogen and oxygen atoms in total. The number of carbonyl (C=O) groups is 2. The molecule has 1 aliphatic heterocycles. The van der Waals surface area contributed by atoms with Crippen molar-refractivity contribution in [2.24, 2.45) is 5.92 Å². The van der Waals surface area contributed by atoms with E-state index in [1.54, 1.807) is 12.0 Å². The van der Waals surface area contributed by atoms with Crippen molar-refractivity contribution in [2.45, 2.75) is 27.2 Å². The first-order valence-corrected chi connectivity index (χ1v) is 9.20. The molecule has 2 aromatic carbocycles. The molecule has 0 aromatic heterocycles. The second kappa shape index (κ2) is 7.61. The number of aryl methyl sites for hydroxylation is 3. The van der Waals surface area contributed by atoms with Gasteiger partial charge in [0.1, 0.15) is 5.75 Å². The standard InChI is InChI=1S/C21H23ClN2O3/c1-12-5-6-18(27-4)17(9-12)23-21(26)15-10-19(25)24(11-15)20-14(3)7-13(2)8-16(20)22/h5-9,15H,10-11H2,1-4H3,(H,23,26). The molecule has 2 amide bonds. The van der Waals surface area contributed by atoms with Crippen molar-refractivity contribution in [3.05, 3.63) is 52.0 Å². The van der Waals surface area contributed by atoms with Crippen molar-refractivity contribution in [3.8, 4) is 5.75 Å². The van der Waals surface area contributed by atoms with Gasteiger partial charge in [0.15, 0.2) is 0 Å². The summed E-state index contributed by atoms with van der Waals surface area (Å²) in [6.45, 7) is 6.13. The minimum Gasteiger partial charge on any atom is -0.495 e. The Morgan fingerprint density at radius 1 is 1.19 bits per heavy atom. The molecule has 0 saturated carbocycles. The van der Waals surface area contributed by atoms with Crippen molar-refractivity contribution < 1.29 is 14.3 Å². The number of nitrogens with zero attached hydrogens (tertiary/aromatic N) is 1. The van der Waals surface area contributed by atoms with Crippen molar-refractivity contribution in [1.82, 2.24) is 0 Å². The number of halogens is 1. The first-order chi connectivity index (χ1) is 12.8. The van der Waals surface area contributed by atoms with E-state index in [9.17, 15) is 9.59 Å². The van der Waals surface area contributed by atoms with E-state index >= 15 is 0 Å². The summed E-state index contributed by atoms with van der Waals surface area (Å²) in [7, 11) is 1.56. The van der Waals surface area contributed by atoms with Crippen LogP contribution in [0, 0.1) is 26.7 Å². The maximum atomic E-state index is 12.8. The normalized spacial score (nSPS) is 16.6. The van der Waals surface area contributed by atoms with Gasteiger partial charge in [0, 0.05) is 13.0 Å². The lowest BCUT2D eigenvalue weighted by molar-refractivity contribution is -0.122. The summed E-state index contributed by atoms with van der Waals surface area (Å²) in [5.74, 6) is -0.150. The highest BCUT2D eigenvalue weighted by atomic mass is 35.5. The van der Waals surface area contributed by atoms with E-state index in [2.05, 4.69) is 5.32 Å². The van der Waals surface area contributed by atoms with E-state index in [0.717, 1.165) is 16.7 Å². The lowest BCUT2D eigenvalue weighted by Gasteiger charge is -2.21. The fourth-order valence-electron chi connectivity index (χ4n) is 3.50. The zero-order valence-corrected chi connectivity index (χ0v) is 16.7. The summed E-state index contributed by atoms with van der Waals surface area (Å²) in [5.41, 5.74) is 4.27. The minimum atomic E-state index is -0.445. The van der Waals surface area contributed by atoms with Crippen LogP contribution in [0.1, 0.15) is 23.1 Å². The van der Waals surface area contributed by atoms with Gasteiger partial charge >= 0.3 is 0 Å². The molecule has 27 heavy (non-hydrogen) atoms. The second-order valence-electron chi connectivity index (χ2n) is 7.01. The number of hydrogen-bond donors (Lipinski definition) is 1. The first-order valence-electron chi connectivity index (χ1n) is 8.82. The van der Waals surface area contributed by atoms with Crippen LogP contribution in [0.25, 0.3) is 0 Å². The Bertz CT molecular complexity index is 887. The van der Waals surface area contributed by atoms with Gasteiger partial charge in [-0.1, -0.05) is 23.7 Å². The van der Waals surface area contributed by atoms with Crippen LogP contribution in [0.5, 0.6) is 5.75 Å². The molecule has 0 radical (unpaired) electrons. The third kappa shape index (κ3) is 3.93. The molecule has 1 heterocycles. The van der Waals surface area contributed by atoms with Crippen LogP contribution >= 0.6 is 11.6 Å². The van der Waals surface area contributed by atoms with Gasteiger partial charge in [-0.3, -0.25) is 9.59 Å². The summed E-state index contributed by atoms with van der Waals surface area (Å²) in [6.07, 6.45) is 0.156. The molecule has 1 aliphatic rings. The van der Waals surface area contributed by atoms with Crippen LogP contribution in [-0.4, -0.2) is 25.5 Å². The molecule has 0 spiro atoms. The van der Waals surface area contributed by atoms with Crippen molar-refractivity contribution in [3.63, 3.8) is 0 Å². The summed E-state index contributed by atoms with van der Waals surface area (Å²) < 4.78 is 5.31. The number of anilines is 2. The highest BCUT2D eigenvalue weighted by Crippen LogP contribution is 2.35. The summed E-state index contributed by atoms with van der Waals surface area (Å²) in [6, 6.07) is 9.40. The van der Waals surface area contributed by atoms with Crippen molar-refractivity contribution in [2.75, 3.05) is 23.9 Å². The molecule has 1 N–H and O–H groups in total. The smallest absolute Gasteiger partial charge is 0.229 e. The van der Waals surface area contributed by atoms with E-state index < -0.39 is 5.92 Å². The van der Waals surface area contributed by atoms with Crippen LogP contribution < -0.4 is 15.0 Å². The van der Waals surface area contributed by atoms with E-state index in [0.29, 0.717) is 28.7 Å². The Morgan fingerprint density at radius 3 is 2.59 bits per heavy atom. The van der Waals surface area contributed by atoms with E-state index in [1.165, 1.54) is 0 Å². The number of benzene rings is 2. The number of rotatable bonds is 4. The van der Waals surface area contributed by atoms with Gasteiger partial charge in [-0.15, -0.1) is 0 Å². The molecule has 2 aromatic rings. The van der Waals surface area contributed by atoms with Gasteiger partial charge in [0.2, 0.25) is 11.8 Å². The summed E-state index contributed by atoms with van der Waals surface area (Å²) >= 11 is 6.38. The quantitative estimate of drug-likeness (QED) is 0.853. The molecule has 1 atom stereocenters. The molecule has 142 valence electrons. The predicted molar refractivity (Wildman–Crippen MR) is 108 cm³/mol. The number of nitrogens with one attached hydrogen (secondary N) is 1. The average Bonchev–Trinajstić information content (AvgIpc) is 2.96. The Balaban J connectivity index is 1.80. The van der Waals surface area contributed by atoms with E-state index in [4.69, 9.17) is 16.3 Å². The third-order valence-electron chi connectivity index (χ3n) is 4.78. The van der Waals surface area contributed by atoms with E-state index in [-0.39, 0.29) is 18.2 Å². The highest BCUT2D eigenvalue weighted by molar-refractivity contribution is 6.34. The predicted octanol–water partition coefficient (Wildman–Crippen LogP) is 4.27. The molecular weight excluding hydrogens is 364 g/mol. The van der Waals surface area contributed by atoms with Crippen LogP contribution in [0.4, 0.5) is 11.4 Å². The topological polar surface area (TPSA) is 58.6 Å². The molecule has 1 unspecified atom stereocenters. The maximum absolute atomic E-state index is 12.8. The van der Waals surface area contributed by atoms with Crippen LogP contribution in [-0.2, 0) is 9.59 Å². The van der Waals surface area contributed by atoms with Crippen molar-refractivity contribution in [1.29, 1.82) is 0 Å². The summed E-state index contributed by atoms with van der Waals surface area (Å²) in [5, 5.41) is 3.43. The Morgan fingerprint density at radius 2 is 1.93 bits per heavy atom.